The molecule has 0 amide bonds. The molecule has 100 valence electrons. The zero-order valence-corrected chi connectivity index (χ0v) is 9.78. The standard InChI is InChI=1S/C12H15F3N2O/c13-12(14,15)11(16)9-3-1-2-4-10(9)17-5-7-18-8-6-17/h1-4,11H,5-8,16H2. The van der Waals surface area contributed by atoms with Gasteiger partial charge in [-0.1, -0.05) is 18.2 Å². The summed E-state index contributed by atoms with van der Waals surface area (Å²) in [5, 5.41) is 0. The van der Waals surface area contributed by atoms with Crippen molar-refractivity contribution in [1.29, 1.82) is 0 Å². The SMILES string of the molecule is NC(c1ccccc1N1CCOCC1)C(F)(F)F. The lowest BCUT2D eigenvalue weighted by molar-refractivity contribution is -0.149. The fraction of sp³-hybridized carbons (Fsp3) is 0.500. The molecule has 1 aromatic rings. The quantitative estimate of drug-likeness (QED) is 0.884. The lowest BCUT2D eigenvalue weighted by Crippen LogP contribution is -2.38. The van der Waals surface area contributed by atoms with Crippen LogP contribution in [0.15, 0.2) is 24.3 Å². The Kier molecular flexibility index (Phi) is 3.77. The van der Waals surface area contributed by atoms with E-state index in [0.29, 0.717) is 32.0 Å². The molecule has 3 nitrogen and oxygen atoms in total. The van der Waals surface area contributed by atoms with E-state index in [-0.39, 0.29) is 5.56 Å². The highest BCUT2D eigenvalue weighted by molar-refractivity contribution is 5.55. The van der Waals surface area contributed by atoms with Crippen LogP contribution in [0.5, 0.6) is 0 Å². The molecule has 0 spiro atoms. The molecule has 18 heavy (non-hydrogen) atoms. The maximum atomic E-state index is 12.7. The van der Waals surface area contributed by atoms with Gasteiger partial charge in [0.15, 0.2) is 0 Å². The van der Waals surface area contributed by atoms with Crippen LogP contribution in [0.4, 0.5) is 18.9 Å². The number of anilines is 1. The van der Waals surface area contributed by atoms with Crippen molar-refractivity contribution in [2.75, 3.05) is 31.2 Å². The maximum absolute atomic E-state index is 12.7. The molecule has 1 fully saturated rings. The van der Waals surface area contributed by atoms with Crippen LogP contribution >= 0.6 is 0 Å². The first-order chi connectivity index (χ1) is 8.50. The third kappa shape index (κ3) is 2.76. The minimum absolute atomic E-state index is 0.118. The second kappa shape index (κ2) is 5.16. The molecule has 0 aliphatic carbocycles. The number of alkyl halides is 3. The second-order valence-corrected chi connectivity index (χ2v) is 4.18. The number of para-hydroxylation sites is 1. The Morgan fingerprint density at radius 2 is 1.78 bits per heavy atom. The first-order valence-corrected chi connectivity index (χ1v) is 5.74. The zero-order chi connectivity index (χ0) is 13.2. The van der Waals surface area contributed by atoms with E-state index in [1.807, 2.05) is 4.90 Å². The van der Waals surface area contributed by atoms with Crippen molar-refractivity contribution in [3.63, 3.8) is 0 Å². The molecule has 1 unspecified atom stereocenters. The Morgan fingerprint density at radius 3 is 2.39 bits per heavy atom. The van der Waals surface area contributed by atoms with Gasteiger partial charge in [0.05, 0.1) is 13.2 Å². The van der Waals surface area contributed by atoms with Gasteiger partial charge in [0.1, 0.15) is 6.04 Å². The molecule has 1 aliphatic heterocycles. The van der Waals surface area contributed by atoms with Gasteiger partial charge in [-0.05, 0) is 6.07 Å². The number of halogens is 3. The van der Waals surface area contributed by atoms with E-state index in [0.717, 1.165) is 0 Å². The Hall–Kier alpha value is -1.27. The van der Waals surface area contributed by atoms with Crippen LogP contribution < -0.4 is 10.6 Å². The molecule has 0 bridgehead atoms. The Labute approximate surface area is 103 Å². The van der Waals surface area contributed by atoms with Crippen LogP contribution in [0.3, 0.4) is 0 Å². The van der Waals surface area contributed by atoms with Crippen LogP contribution in [0.25, 0.3) is 0 Å². The largest absolute Gasteiger partial charge is 0.407 e. The topological polar surface area (TPSA) is 38.5 Å². The summed E-state index contributed by atoms with van der Waals surface area (Å²) in [5.41, 5.74) is 5.96. The molecule has 0 saturated carbocycles. The Bertz CT molecular complexity index is 403. The highest BCUT2D eigenvalue weighted by Crippen LogP contribution is 2.35. The lowest BCUT2D eigenvalue weighted by Gasteiger charge is -2.32. The van der Waals surface area contributed by atoms with Gasteiger partial charge in [-0.15, -0.1) is 0 Å². The van der Waals surface area contributed by atoms with Crippen LogP contribution in [0, 0.1) is 0 Å². The second-order valence-electron chi connectivity index (χ2n) is 4.18. The van der Waals surface area contributed by atoms with E-state index < -0.39 is 12.2 Å². The van der Waals surface area contributed by atoms with Gasteiger partial charge in [0, 0.05) is 24.3 Å². The maximum Gasteiger partial charge on any atom is 0.407 e. The zero-order valence-electron chi connectivity index (χ0n) is 9.78. The molecule has 1 aromatic carbocycles. The average Bonchev–Trinajstić information content (AvgIpc) is 2.38. The van der Waals surface area contributed by atoms with Gasteiger partial charge in [0.25, 0.3) is 0 Å². The molecule has 1 atom stereocenters. The molecule has 2 N–H and O–H groups in total. The number of rotatable bonds is 2. The Balaban J connectivity index is 2.30. The highest BCUT2D eigenvalue weighted by Gasteiger charge is 2.39. The number of morpholine rings is 1. The minimum Gasteiger partial charge on any atom is -0.378 e. The molecule has 0 radical (unpaired) electrons. The summed E-state index contributed by atoms with van der Waals surface area (Å²) in [7, 11) is 0. The predicted molar refractivity (Wildman–Crippen MR) is 62.5 cm³/mol. The van der Waals surface area contributed by atoms with Crippen molar-refractivity contribution >= 4 is 5.69 Å². The number of benzene rings is 1. The van der Waals surface area contributed by atoms with Crippen molar-refractivity contribution < 1.29 is 17.9 Å². The number of hydrogen-bond acceptors (Lipinski definition) is 3. The number of ether oxygens (including phenoxy) is 1. The van der Waals surface area contributed by atoms with E-state index in [2.05, 4.69) is 0 Å². The molecular formula is C12H15F3N2O. The normalized spacial score (nSPS) is 18.8. The smallest absolute Gasteiger partial charge is 0.378 e. The van der Waals surface area contributed by atoms with Crippen molar-refractivity contribution in [3.05, 3.63) is 29.8 Å². The van der Waals surface area contributed by atoms with Crippen molar-refractivity contribution in [1.82, 2.24) is 0 Å². The summed E-state index contributed by atoms with van der Waals surface area (Å²) in [6.45, 7) is 2.22. The summed E-state index contributed by atoms with van der Waals surface area (Å²) in [6, 6.07) is 4.45. The minimum atomic E-state index is -4.43. The number of hydrogen-bond donors (Lipinski definition) is 1. The first-order valence-electron chi connectivity index (χ1n) is 5.74. The fourth-order valence-corrected chi connectivity index (χ4v) is 2.02. The van der Waals surface area contributed by atoms with E-state index in [9.17, 15) is 13.2 Å². The molecular weight excluding hydrogens is 245 g/mol. The van der Waals surface area contributed by atoms with Gasteiger partial charge in [-0.25, -0.2) is 0 Å². The molecule has 6 heteroatoms. The molecule has 0 aromatic heterocycles. The number of nitrogens with two attached hydrogens (primary N) is 1. The molecule has 1 aliphatic rings. The average molecular weight is 260 g/mol. The highest BCUT2D eigenvalue weighted by atomic mass is 19.4. The summed E-state index contributed by atoms with van der Waals surface area (Å²) in [4.78, 5) is 1.88. The fourth-order valence-electron chi connectivity index (χ4n) is 2.02. The van der Waals surface area contributed by atoms with Gasteiger partial charge in [0.2, 0.25) is 0 Å². The predicted octanol–water partition coefficient (Wildman–Crippen LogP) is 2.09. The third-order valence-electron chi connectivity index (χ3n) is 2.98. The van der Waals surface area contributed by atoms with Gasteiger partial charge >= 0.3 is 6.18 Å². The van der Waals surface area contributed by atoms with Crippen molar-refractivity contribution in [3.8, 4) is 0 Å². The number of nitrogens with zero attached hydrogens (tertiary/aromatic N) is 1. The third-order valence-corrected chi connectivity index (χ3v) is 2.98. The van der Waals surface area contributed by atoms with Crippen LogP contribution in [0.2, 0.25) is 0 Å². The van der Waals surface area contributed by atoms with E-state index in [1.165, 1.54) is 6.07 Å². The summed E-state index contributed by atoms with van der Waals surface area (Å²) in [6.07, 6.45) is -4.43. The van der Waals surface area contributed by atoms with E-state index >= 15 is 0 Å². The first kappa shape index (κ1) is 13.2. The van der Waals surface area contributed by atoms with Gasteiger partial charge < -0.3 is 15.4 Å². The molecule has 1 heterocycles. The summed E-state index contributed by atoms with van der Waals surface area (Å²) >= 11 is 0. The van der Waals surface area contributed by atoms with Crippen LogP contribution in [0.1, 0.15) is 11.6 Å². The monoisotopic (exact) mass is 260 g/mol. The van der Waals surface area contributed by atoms with Gasteiger partial charge in [-0.2, -0.15) is 13.2 Å². The van der Waals surface area contributed by atoms with Gasteiger partial charge in [-0.3, -0.25) is 0 Å². The molecule has 1 saturated heterocycles. The summed E-state index contributed by atoms with van der Waals surface area (Å²) in [5.74, 6) is 0. The lowest BCUT2D eigenvalue weighted by atomic mass is 10.0. The molecule has 2 rings (SSSR count). The van der Waals surface area contributed by atoms with E-state index in [1.54, 1.807) is 18.2 Å². The summed E-state index contributed by atoms with van der Waals surface area (Å²) < 4.78 is 43.3. The van der Waals surface area contributed by atoms with Crippen molar-refractivity contribution in [2.45, 2.75) is 12.2 Å². The van der Waals surface area contributed by atoms with Crippen molar-refractivity contribution in [2.24, 2.45) is 5.73 Å². The van der Waals surface area contributed by atoms with E-state index in [4.69, 9.17) is 10.5 Å². The van der Waals surface area contributed by atoms with Crippen LogP contribution in [-0.2, 0) is 4.74 Å². The Morgan fingerprint density at radius 1 is 1.17 bits per heavy atom. The van der Waals surface area contributed by atoms with Crippen LogP contribution in [-0.4, -0.2) is 32.5 Å².